The van der Waals surface area contributed by atoms with Crippen molar-refractivity contribution in [1.82, 2.24) is 9.55 Å². The normalized spacial score (nSPS) is 25.9. The van der Waals surface area contributed by atoms with E-state index in [4.69, 9.17) is 11.6 Å². The van der Waals surface area contributed by atoms with E-state index in [2.05, 4.69) is 16.5 Å². The first-order valence-electron chi connectivity index (χ1n) is 6.34. The summed E-state index contributed by atoms with van der Waals surface area (Å²) >= 11 is 5.86. The number of imidazole rings is 1. The van der Waals surface area contributed by atoms with Crippen LogP contribution in [0.3, 0.4) is 0 Å². The lowest BCUT2D eigenvalue weighted by atomic mass is 9.81. The van der Waals surface area contributed by atoms with Crippen molar-refractivity contribution in [2.24, 2.45) is 11.8 Å². The van der Waals surface area contributed by atoms with E-state index < -0.39 is 0 Å². The Kier molecular flexibility index (Phi) is 4.28. The van der Waals surface area contributed by atoms with Crippen molar-refractivity contribution in [2.75, 3.05) is 0 Å². The number of hydrogen-bond acceptors (Lipinski definition) is 1. The zero-order valence-corrected chi connectivity index (χ0v) is 10.8. The number of nitrogens with zero attached hydrogens (tertiary/aromatic N) is 2. The van der Waals surface area contributed by atoms with Gasteiger partial charge in [-0.2, -0.15) is 0 Å². The number of aryl methyl sites for hydroxylation is 1. The van der Waals surface area contributed by atoms with Gasteiger partial charge in [0.15, 0.2) is 0 Å². The second kappa shape index (κ2) is 5.72. The first kappa shape index (κ1) is 12.0. The molecular weight excluding hydrogens is 220 g/mol. The Hall–Kier alpha value is -0.500. The van der Waals surface area contributed by atoms with Crippen molar-refractivity contribution in [3.63, 3.8) is 0 Å². The minimum Gasteiger partial charge on any atom is -0.333 e. The first-order valence-corrected chi connectivity index (χ1v) is 6.88. The van der Waals surface area contributed by atoms with Gasteiger partial charge in [0.25, 0.3) is 0 Å². The molecule has 90 valence electrons. The third-order valence-corrected chi connectivity index (χ3v) is 4.03. The fourth-order valence-electron chi connectivity index (χ4n) is 2.80. The minimum atomic E-state index is 0.571. The third-order valence-electron chi connectivity index (χ3n) is 3.76. The predicted octanol–water partition coefficient (Wildman–Crippen LogP) is 3.84. The lowest BCUT2D eigenvalue weighted by molar-refractivity contribution is 0.260. The van der Waals surface area contributed by atoms with E-state index >= 15 is 0 Å². The largest absolute Gasteiger partial charge is 0.333 e. The van der Waals surface area contributed by atoms with Gasteiger partial charge in [-0.15, -0.1) is 11.6 Å². The molecule has 0 bridgehead atoms. The van der Waals surface area contributed by atoms with E-state index in [-0.39, 0.29) is 0 Å². The van der Waals surface area contributed by atoms with E-state index in [0.29, 0.717) is 5.88 Å². The summed E-state index contributed by atoms with van der Waals surface area (Å²) in [4.78, 5) is 4.15. The van der Waals surface area contributed by atoms with Gasteiger partial charge in [0.1, 0.15) is 0 Å². The second-order valence-corrected chi connectivity index (χ2v) is 5.41. The van der Waals surface area contributed by atoms with E-state index in [0.717, 1.165) is 24.1 Å². The van der Waals surface area contributed by atoms with Crippen LogP contribution >= 0.6 is 11.6 Å². The van der Waals surface area contributed by atoms with Crippen molar-refractivity contribution >= 4 is 11.6 Å². The summed E-state index contributed by atoms with van der Waals surface area (Å²) in [5, 5.41) is 0. The van der Waals surface area contributed by atoms with Crippen molar-refractivity contribution < 1.29 is 0 Å². The molecule has 1 aliphatic rings. The van der Waals surface area contributed by atoms with E-state index in [1.54, 1.807) is 0 Å². The number of aromatic nitrogens is 2. The average Bonchev–Trinajstić information content (AvgIpc) is 2.74. The molecule has 16 heavy (non-hydrogen) atoms. The molecule has 2 rings (SSSR count). The van der Waals surface area contributed by atoms with Crippen LogP contribution in [0.5, 0.6) is 0 Å². The monoisotopic (exact) mass is 240 g/mol. The third kappa shape index (κ3) is 3.00. The van der Waals surface area contributed by atoms with Gasteiger partial charge in [0.2, 0.25) is 0 Å². The topological polar surface area (TPSA) is 17.8 Å². The number of alkyl halides is 1. The summed E-state index contributed by atoms with van der Waals surface area (Å²) in [6, 6.07) is 0. The molecule has 1 saturated carbocycles. The molecule has 0 saturated heterocycles. The molecule has 0 N–H and O–H groups in total. The Morgan fingerprint density at radius 2 is 2.38 bits per heavy atom. The summed E-state index contributed by atoms with van der Waals surface area (Å²) in [6.45, 7) is 3.47. The highest BCUT2D eigenvalue weighted by Crippen LogP contribution is 2.31. The molecule has 0 radical (unpaired) electrons. The van der Waals surface area contributed by atoms with Crippen LogP contribution in [0.25, 0.3) is 0 Å². The molecule has 1 aromatic heterocycles. The van der Waals surface area contributed by atoms with Gasteiger partial charge in [-0.25, -0.2) is 4.98 Å². The van der Waals surface area contributed by atoms with Crippen LogP contribution in [-0.2, 0) is 12.4 Å². The van der Waals surface area contributed by atoms with Gasteiger partial charge >= 0.3 is 0 Å². The van der Waals surface area contributed by atoms with Crippen molar-refractivity contribution in [3.05, 3.63) is 18.2 Å². The molecule has 2 atom stereocenters. The maximum Gasteiger partial charge on any atom is 0.0948 e. The molecule has 0 aromatic carbocycles. The maximum absolute atomic E-state index is 5.86. The molecule has 2 unspecified atom stereocenters. The Morgan fingerprint density at radius 3 is 3.12 bits per heavy atom. The lowest BCUT2D eigenvalue weighted by Crippen LogP contribution is -2.15. The van der Waals surface area contributed by atoms with Gasteiger partial charge < -0.3 is 4.57 Å². The molecule has 0 amide bonds. The maximum atomic E-state index is 5.86. The highest BCUT2D eigenvalue weighted by atomic mass is 35.5. The average molecular weight is 241 g/mol. The lowest BCUT2D eigenvalue weighted by Gasteiger charge is -2.26. The Bertz CT molecular complexity index is 321. The number of rotatable bonds is 4. The molecule has 1 aliphatic carbocycles. The zero-order chi connectivity index (χ0) is 11.4. The summed E-state index contributed by atoms with van der Waals surface area (Å²) in [7, 11) is 0. The van der Waals surface area contributed by atoms with Gasteiger partial charge in [-0.1, -0.05) is 26.2 Å². The fraction of sp³-hybridized carbons (Fsp3) is 0.769. The summed E-state index contributed by atoms with van der Waals surface area (Å²) < 4.78 is 2.20. The van der Waals surface area contributed by atoms with Crippen LogP contribution in [0.1, 0.15) is 44.7 Å². The highest BCUT2D eigenvalue weighted by Gasteiger charge is 2.18. The smallest absolute Gasteiger partial charge is 0.0948 e. The Labute approximate surface area is 103 Å². The second-order valence-electron chi connectivity index (χ2n) is 5.14. The van der Waals surface area contributed by atoms with Crippen molar-refractivity contribution in [2.45, 2.75) is 51.5 Å². The summed E-state index contributed by atoms with van der Waals surface area (Å²) in [6.07, 6.45) is 10.7. The van der Waals surface area contributed by atoms with Gasteiger partial charge in [0, 0.05) is 12.7 Å². The van der Waals surface area contributed by atoms with Crippen LogP contribution in [0.2, 0.25) is 0 Å². The SMILES string of the molecule is CC1CCCC(CCn2cncc2CCl)C1. The van der Waals surface area contributed by atoms with Crippen LogP contribution < -0.4 is 0 Å². The summed E-state index contributed by atoms with van der Waals surface area (Å²) in [5.41, 5.74) is 1.14. The molecule has 3 heteroatoms. The molecule has 1 aromatic rings. The predicted molar refractivity (Wildman–Crippen MR) is 67.5 cm³/mol. The molecule has 1 heterocycles. The van der Waals surface area contributed by atoms with Crippen LogP contribution in [0, 0.1) is 11.8 Å². The minimum absolute atomic E-state index is 0.571. The van der Waals surface area contributed by atoms with Gasteiger partial charge in [-0.3, -0.25) is 0 Å². The number of halogens is 1. The van der Waals surface area contributed by atoms with Crippen molar-refractivity contribution in [1.29, 1.82) is 0 Å². The quantitative estimate of drug-likeness (QED) is 0.732. The van der Waals surface area contributed by atoms with Gasteiger partial charge in [-0.05, 0) is 24.7 Å². The van der Waals surface area contributed by atoms with E-state index in [1.165, 1.54) is 32.1 Å². The van der Waals surface area contributed by atoms with Gasteiger partial charge in [0.05, 0.1) is 17.9 Å². The Balaban J connectivity index is 1.82. The Morgan fingerprint density at radius 1 is 1.50 bits per heavy atom. The van der Waals surface area contributed by atoms with Crippen LogP contribution in [0.4, 0.5) is 0 Å². The first-order chi connectivity index (χ1) is 7.79. The van der Waals surface area contributed by atoms with E-state index in [1.807, 2.05) is 12.5 Å². The van der Waals surface area contributed by atoms with E-state index in [9.17, 15) is 0 Å². The number of hydrogen-bond donors (Lipinski definition) is 0. The van der Waals surface area contributed by atoms with Crippen molar-refractivity contribution in [3.8, 4) is 0 Å². The molecule has 2 nitrogen and oxygen atoms in total. The summed E-state index contributed by atoms with van der Waals surface area (Å²) in [5.74, 6) is 2.41. The van der Waals surface area contributed by atoms with Crippen LogP contribution in [0.15, 0.2) is 12.5 Å². The molecule has 1 fully saturated rings. The standard InChI is InChI=1S/C13H21ClN2/c1-11-3-2-4-12(7-11)5-6-16-10-15-9-13(16)8-14/h9-12H,2-8H2,1H3. The molecule has 0 aliphatic heterocycles. The molecule has 0 spiro atoms. The highest BCUT2D eigenvalue weighted by molar-refractivity contribution is 6.16. The fourth-order valence-corrected chi connectivity index (χ4v) is 3.03. The molecular formula is C13H21ClN2. The van der Waals surface area contributed by atoms with Crippen LogP contribution in [-0.4, -0.2) is 9.55 Å². The zero-order valence-electron chi connectivity index (χ0n) is 10.0.